The summed E-state index contributed by atoms with van der Waals surface area (Å²) in [5.41, 5.74) is 6.83. The molecule has 4 aromatic rings. The van der Waals surface area contributed by atoms with Gasteiger partial charge in [0.25, 0.3) is 5.91 Å². The number of nitrogens with zero attached hydrogens (tertiary/aromatic N) is 2. The van der Waals surface area contributed by atoms with Gasteiger partial charge in [0.1, 0.15) is 6.61 Å². The van der Waals surface area contributed by atoms with Crippen molar-refractivity contribution < 1.29 is 22.7 Å². The minimum absolute atomic E-state index is 0.190. The van der Waals surface area contributed by atoms with Crippen molar-refractivity contribution in [2.75, 3.05) is 17.7 Å². The molecule has 1 N–H and O–H groups in total. The van der Waals surface area contributed by atoms with Crippen molar-refractivity contribution in [3.05, 3.63) is 124 Å². The third-order valence-corrected chi connectivity index (χ3v) is 7.66. The zero-order valence-corrected chi connectivity index (χ0v) is 24.4. The lowest BCUT2D eigenvalue weighted by Crippen LogP contribution is -2.29. The standard InChI is InChI=1S/C31H30ClN3O5S/c1-22-6-4-5-7-26(22)20-35(41(3,37)38)28-15-11-25(12-16-28)31(36)34-33-19-24-10-17-29(30(18-24)39-2)40-21-23-8-13-27(32)14-9-23/h4-19H,20-21H2,1-3H3,(H,34,36)/b33-19-. The lowest BCUT2D eigenvalue weighted by Gasteiger charge is -2.23. The summed E-state index contributed by atoms with van der Waals surface area (Å²) >= 11 is 5.93. The summed E-state index contributed by atoms with van der Waals surface area (Å²) in [6, 6.07) is 26.6. The Kier molecular flexibility index (Phi) is 9.65. The van der Waals surface area contributed by atoms with Crippen molar-refractivity contribution in [3.63, 3.8) is 0 Å². The van der Waals surface area contributed by atoms with Gasteiger partial charge in [-0.1, -0.05) is 48.0 Å². The molecular weight excluding hydrogens is 562 g/mol. The van der Waals surface area contributed by atoms with E-state index < -0.39 is 15.9 Å². The number of anilines is 1. The number of hydrogen-bond donors (Lipinski definition) is 1. The highest BCUT2D eigenvalue weighted by Gasteiger charge is 2.19. The van der Waals surface area contributed by atoms with Crippen LogP contribution in [-0.4, -0.2) is 33.9 Å². The molecule has 0 fully saturated rings. The fraction of sp³-hybridized carbons (Fsp3) is 0.161. The highest BCUT2D eigenvalue weighted by molar-refractivity contribution is 7.92. The first-order chi connectivity index (χ1) is 19.6. The SMILES string of the molecule is COc1cc(/C=N\NC(=O)c2ccc(N(Cc3ccccc3C)S(C)(=O)=O)cc2)ccc1OCc1ccc(Cl)cc1. The number of halogens is 1. The van der Waals surface area contributed by atoms with Crippen LogP contribution in [0, 0.1) is 6.92 Å². The number of hydrazone groups is 1. The Hall–Kier alpha value is -4.34. The van der Waals surface area contributed by atoms with Crippen LogP contribution in [0.2, 0.25) is 5.02 Å². The average Bonchev–Trinajstić information content (AvgIpc) is 2.96. The molecule has 10 heteroatoms. The Morgan fingerprint density at radius 2 is 1.68 bits per heavy atom. The van der Waals surface area contributed by atoms with E-state index in [0.29, 0.717) is 39.9 Å². The lowest BCUT2D eigenvalue weighted by molar-refractivity contribution is 0.0955. The number of hydrogen-bond acceptors (Lipinski definition) is 6. The van der Waals surface area contributed by atoms with E-state index in [-0.39, 0.29) is 6.54 Å². The van der Waals surface area contributed by atoms with E-state index in [2.05, 4.69) is 10.5 Å². The molecule has 212 valence electrons. The van der Waals surface area contributed by atoms with Crippen molar-refractivity contribution in [1.82, 2.24) is 5.43 Å². The maximum Gasteiger partial charge on any atom is 0.271 e. The number of rotatable bonds is 11. The van der Waals surface area contributed by atoms with E-state index in [1.165, 1.54) is 10.5 Å². The number of ether oxygens (including phenoxy) is 2. The van der Waals surface area contributed by atoms with Gasteiger partial charge in [-0.05, 0) is 83.8 Å². The Morgan fingerprint density at radius 1 is 0.976 bits per heavy atom. The normalized spacial score (nSPS) is 11.3. The summed E-state index contributed by atoms with van der Waals surface area (Å²) in [4.78, 5) is 12.7. The third kappa shape index (κ3) is 8.09. The Labute approximate surface area is 245 Å². The molecule has 4 aromatic carbocycles. The predicted molar refractivity (Wildman–Crippen MR) is 162 cm³/mol. The molecule has 0 unspecified atom stereocenters. The molecule has 0 heterocycles. The zero-order valence-electron chi connectivity index (χ0n) is 22.9. The Bertz CT molecular complexity index is 1640. The van der Waals surface area contributed by atoms with E-state index in [9.17, 15) is 13.2 Å². The van der Waals surface area contributed by atoms with Gasteiger partial charge < -0.3 is 9.47 Å². The second kappa shape index (κ2) is 13.3. The summed E-state index contributed by atoms with van der Waals surface area (Å²) in [5, 5.41) is 4.71. The number of sulfonamides is 1. The second-order valence-electron chi connectivity index (χ2n) is 9.27. The number of aryl methyl sites for hydroxylation is 1. The first-order valence-corrected chi connectivity index (χ1v) is 14.9. The average molecular weight is 592 g/mol. The quantitative estimate of drug-likeness (QED) is 0.171. The number of amides is 1. The number of benzene rings is 4. The highest BCUT2D eigenvalue weighted by Crippen LogP contribution is 2.28. The summed E-state index contributed by atoms with van der Waals surface area (Å²) in [6.45, 7) is 2.48. The van der Waals surface area contributed by atoms with Gasteiger partial charge in [-0.25, -0.2) is 13.8 Å². The maximum absolute atomic E-state index is 12.7. The van der Waals surface area contributed by atoms with Crippen LogP contribution in [0.4, 0.5) is 5.69 Å². The van der Waals surface area contributed by atoms with Crippen LogP contribution in [0.1, 0.15) is 32.6 Å². The molecule has 0 spiro atoms. The summed E-state index contributed by atoms with van der Waals surface area (Å²) < 4.78 is 37.7. The van der Waals surface area contributed by atoms with Crippen molar-refractivity contribution in [2.24, 2.45) is 5.10 Å². The monoisotopic (exact) mass is 591 g/mol. The van der Waals surface area contributed by atoms with Gasteiger partial charge >= 0.3 is 0 Å². The smallest absolute Gasteiger partial charge is 0.271 e. The van der Waals surface area contributed by atoms with Gasteiger partial charge in [-0.15, -0.1) is 0 Å². The molecule has 1 amide bonds. The summed E-state index contributed by atoms with van der Waals surface area (Å²) in [6.07, 6.45) is 2.65. The molecule has 0 aliphatic rings. The van der Waals surface area contributed by atoms with Crippen LogP contribution in [0.25, 0.3) is 0 Å². The topological polar surface area (TPSA) is 97.3 Å². The number of methoxy groups -OCH3 is 1. The van der Waals surface area contributed by atoms with E-state index in [1.807, 2.05) is 43.3 Å². The van der Waals surface area contributed by atoms with Crippen molar-refractivity contribution in [1.29, 1.82) is 0 Å². The molecule has 8 nitrogen and oxygen atoms in total. The molecule has 41 heavy (non-hydrogen) atoms. The van der Waals surface area contributed by atoms with Crippen LogP contribution in [0.3, 0.4) is 0 Å². The summed E-state index contributed by atoms with van der Waals surface area (Å²) in [7, 11) is -2.01. The molecule has 0 aromatic heterocycles. The molecular formula is C31H30ClN3O5S. The zero-order chi connectivity index (χ0) is 29.4. The second-order valence-corrected chi connectivity index (χ2v) is 11.6. The fourth-order valence-electron chi connectivity index (χ4n) is 3.98. The minimum Gasteiger partial charge on any atom is -0.493 e. The molecule has 0 radical (unpaired) electrons. The predicted octanol–water partition coefficient (Wildman–Crippen LogP) is 5.97. The molecule has 0 aliphatic carbocycles. The van der Waals surface area contributed by atoms with Gasteiger partial charge in [0.05, 0.1) is 31.8 Å². The van der Waals surface area contributed by atoms with Gasteiger partial charge in [0, 0.05) is 10.6 Å². The first-order valence-electron chi connectivity index (χ1n) is 12.6. The molecule has 4 rings (SSSR count). The van der Waals surface area contributed by atoms with Crippen LogP contribution < -0.4 is 19.2 Å². The molecule has 0 saturated heterocycles. The molecule has 0 atom stereocenters. The third-order valence-electron chi connectivity index (χ3n) is 6.27. The van der Waals surface area contributed by atoms with E-state index in [0.717, 1.165) is 22.9 Å². The maximum atomic E-state index is 12.7. The number of carbonyl (C=O) groups is 1. The van der Waals surface area contributed by atoms with Gasteiger partial charge in [-0.2, -0.15) is 5.10 Å². The highest BCUT2D eigenvalue weighted by atomic mass is 35.5. The summed E-state index contributed by atoms with van der Waals surface area (Å²) in [5.74, 6) is 0.646. The van der Waals surface area contributed by atoms with E-state index >= 15 is 0 Å². The molecule has 0 saturated carbocycles. The van der Waals surface area contributed by atoms with Crippen LogP contribution in [0.15, 0.2) is 96.1 Å². The fourth-order valence-corrected chi connectivity index (χ4v) is 4.98. The Morgan fingerprint density at radius 3 is 2.34 bits per heavy atom. The van der Waals surface area contributed by atoms with Gasteiger partial charge in [-0.3, -0.25) is 9.10 Å². The van der Waals surface area contributed by atoms with Crippen molar-refractivity contribution in [3.8, 4) is 11.5 Å². The number of carbonyl (C=O) groups excluding carboxylic acids is 1. The van der Waals surface area contributed by atoms with Gasteiger partial charge in [0.15, 0.2) is 11.5 Å². The Balaban J connectivity index is 1.38. The molecule has 0 bridgehead atoms. The molecule has 0 aliphatic heterocycles. The first kappa shape index (κ1) is 29.6. The van der Waals surface area contributed by atoms with Crippen LogP contribution in [-0.2, 0) is 23.2 Å². The van der Waals surface area contributed by atoms with Gasteiger partial charge in [0.2, 0.25) is 10.0 Å². The lowest BCUT2D eigenvalue weighted by atomic mass is 10.1. The minimum atomic E-state index is -3.55. The van der Waals surface area contributed by atoms with Crippen molar-refractivity contribution >= 4 is 39.4 Å². The van der Waals surface area contributed by atoms with Crippen molar-refractivity contribution in [2.45, 2.75) is 20.1 Å². The van der Waals surface area contributed by atoms with Crippen LogP contribution >= 0.6 is 11.6 Å². The van der Waals surface area contributed by atoms with Crippen LogP contribution in [0.5, 0.6) is 11.5 Å². The van der Waals surface area contributed by atoms with E-state index in [1.54, 1.807) is 61.7 Å². The largest absolute Gasteiger partial charge is 0.493 e. The van der Waals surface area contributed by atoms with E-state index in [4.69, 9.17) is 21.1 Å². The number of nitrogens with one attached hydrogen (secondary N) is 1.